The molecule has 6 nitrogen and oxygen atoms in total. The summed E-state index contributed by atoms with van der Waals surface area (Å²) < 4.78 is 28.6. The molecule has 3 aromatic heterocycles. The van der Waals surface area contributed by atoms with Crippen LogP contribution in [0.25, 0.3) is 17.1 Å². The van der Waals surface area contributed by atoms with Gasteiger partial charge in [-0.1, -0.05) is 6.07 Å². The van der Waals surface area contributed by atoms with Crippen LogP contribution in [0.15, 0.2) is 48.0 Å². The molecule has 0 aliphatic carbocycles. The number of aryl methyl sites for hydroxylation is 1. The Hall–Kier alpha value is -3.46. The van der Waals surface area contributed by atoms with Gasteiger partial charge in [-0.3, -0.25) is 15.1 Å². The number of thiazole rings is 1. The van der Waals surface area contributed by atoms with Gasteiger partial charge in [-0.15, -0.1) is 11.3 Å². The average Bonchev–Trinajstić information content (AvgIpc) is 3.27. The molecule has 4 aromatic rings. The first-order chi connectivity index (χ1) is 13.9. The van der Waals surface area contributed by atoms with E-state index in [-0.39, 0.29) is 5.69 Å². The second-order valence-electron chi connectivity index (χ2n) is 6.26. The number of pyridine rings is 1. The minimum absolute atomic E-state index is 0.0673. The van der Waals surface area contributed by atoms with Crippen LogP contribution >= 0.6 is 11.3 Å². The number of carbonyl (C=O) groups is 1. The normalized spacial score (nSPS) is 10.9. The first-order valence-corrected chi connectivity index (χ1v) is 9.52. The van der Waals surface area contributed by atoms with Crippen molar-refractivity contribution in [1.82, 2.24) is 19.7 Å². The van der Waals surface area contributed by atoms with Crippen LogP contribution in [-0.4, -0.2) is 25.7 Å². The van der Waals surface area contributed by atoms with Crippen molar-refractivity contribution in [2.45, 2.75) is 13.8 Å². The highest BCUT2D eigenvalue weighted by Gasteiger charge is 2.22. The number of benzene rings is 1. The Morgan fingerprint density at radius 2 is 1.97 bits per heavy atom. The van der Waals surface area contributed by atoms with Crippen molar-refractivity contribution in [3.63, 3.8) is 0 Å². The first-order valence-electron chi connectivity index (χ1n) is 8.64. The van der Waals surface area contributed by atoms with Gasteiger partial charge in [-0.25, -0.2) is 18.4 Å². The first kappa shape index (κ1) is 18.9. The van der Waals surface area contributed by atoms with Crippen molar-refractivity contribution in [3.8, 4) is 17.1 Å². The number of nitrogens with zero attached hydrogens (tertiary/aromatic N) is 4. The number of halogens is 2. The second kappa shape index (κ2) is 7.51. The summed E-state index contributed by atoms with van der Waals surface area (Å²) in [6.07, 6.45) is 1.67. The molecular weight excluding hydrogens is 396 g/mol. The lowest BCUT2D eigenvalue weighted by Gasteiger charge is -2.07. The van der Waals surface area contributed by atoms with Gasteiger partial charge in [-0.2, -0.15) is 5.10 Å². The van der Waals surface area contributed by atoms with Gasteiger partial charge < -0.3 is 0 Å². The lowest BCUT2D eigenvalue weighted by atomic mass is 10.2. The molecule has 0 spiro atoms. The number of anilines is 1. The van der Waals surface area contributed by atoms with Gasteiger partial charge in [0, 0.05) is 17.6 Å². The van der Waals surface area contributed by atoms with Crippen molar-refractivity contribution < 1.29 is 13.6 Å². The molecule has 0 unspecified atom stereocenters. The molecule has 1 aromatic carbocycles. The SMILES string of the molecule is Cc1nn(-c2ccc(F)cc2F)c(C)c1C(=O)Nc1nc(-c2ccccn2)cs1. The molecule has 1 N–H and O–H groups in total. The Balaban J connectivity index is 1.62. The third-order valence-electron chi connectivity index (χ3n) is 4.31. The van der Waals surface area contributed by atoms with Gasteiger partial charge >= 0.3 is 0 Å². The predicted molar refractivity (Wildman–Crippen MR) is 106 cm³/mol. The Kier molecular flexibility index (Phi) is 4.89. The lowest BCUT2D eigenvalue weighted by Crippen LogP contribution is -2.14. The van der Waals surface area contributed by atoms with E-state index in [1.165, 1.54) is 22.1 Å². The van der Waals surface area contributed by atoms with Crippen molar-refractivity contribution >= 4 is 22.4 Å². The highest BCUT2D eigenvalue weighted by molar-refractivity contribution is 7.14. The fourth-order valence-corrected chi connectivity index (χ4v) is 3.68. The van der Waals surface area contributed by atoms with Crippen molar-refractivity contribution in [2.24, 2.45) is 0 Å². The summed E-state index contributed by atoms with van der Waals surface area (Å²) in [6.45, 7) is 3.31. The standard InChI is InChI=1S/C20H15F2N5OS/c1-11-18(12(2)27(26-11)17-7-6-13(21)9-14(17)22)19(28)25-20-24-16(10-29-20)15-5-3-4-8-23-15/h3-10H,1-2H3,(H,24,25,28). The summed E-state index contributed by atoms with van der Waals surface area (Å²) in [6, 6.07) is 8.70. The molecule has 4 rings (SSSR count). The monoisotopic (exact) mass is 411 g/mol. The van der Waals surface area contributed by atoms with E-state index >= 15 is 0 Å². The van der Waals surface area contributed by atoms with Gasteiger partial charge in [0.15, 0.2) is 10.9 Å². The molecule has 3 heterocycles. The largest absolute Gasteiger partial charge is 0.298 e. The minimum atomic E-state index is -0.762. The Morgan fingerprint density at radius 1 is 1.14 bits per heavy atom. The maximum atomic E-state index is 14.2. The third kappa shape index (κ3) is 3.64. The van der Waals surface area contributed by atoms with Crippen molar-refractivity contribution in [3.05, 3.63) is 76.6 Å². The molecule has 0 saturated heterocycles. The maximum Gasteiger partial charge on any atom is 0.261 e. The predicted octanol–water partition coefficient (Wildman–Crippen LogP) is 4.54. The summed E-state index contributed by atoms with van der Waals surface area (Å²) in [5, 5.41) is 9.22. The number of nitrogens with one attached hydrogen (secondary N) is 1. The Bertz CT molecular complexity index is 1200. The second-order valence-corrected chi connectivity index (χ2v) is 7.12. The van der Waals surface area contributed by atoms with Gasteiger partial charge in [-0.05, 0) is 38.1 Å². The molecule has 0 bridgehead atoms. The van der Waals surface area contributed by atoms with Crippen LogP contribution in [-0.2, 0) is 0 Å². The average molecular weight is 411 g/mol. The van der Waals surface area contributed by atoms with E-state index < -0.39 is 17.5 Å². The van der Waals surface area contributed by atoms with Crippen LogP contribution in [0.5, 0.6) is 0 Å². The fraction of sp³-hybridized carbons (Fsp3) is 0.100. The third-order valence-corrected chi connectivity index (χ3v) is 5.07. The zero-order chi connectivity index (χ0) is 20.5. The number of hydrogen-bond donors (Lipinski definition) is 1. The molecular formula is C20H15F2N5OS. The highest BCUT2D eigenvalue weighted by Crippen LogP contribution is 2.25. The van der Waals surface area contributed by atoms with Gasteiger partial charge in [0.2, 0.25) is 0 Å². The summed E-state index contributed by atoms with van der Waals surface area (Å²) in [5.74, 6) is -1.85. The molecule has 1 amide bonds. The van der Waals surface area contributed by atoms with E-state index in [1.54, 1.807) is 25.4 Å². The maximum absolute atomic E-state index is 14.2. The Labute approximate surface area is 168 Å². The van der Waals surface area contributed by atoms with Gasteiger partial charge in [0.05, 0.1) is 22.6 Å². The van der Waals surface area contributed by atoms with E-state index in [0.29, 0.717) is 33.5 Å². The molecule has 0 saturated carbocycles. The molecule has 0 aliphatic heterocycles. The zero-order valence-electron chi connectivity index (χ0n) is 15.5. The van der Waals surface area contributed by atoms with Gasteiger partial charge in [0.1, 0.15) is 17.2 Å². The minimum Gasteiger partial charge on any atom is -0.298 e. The van der Waals surface area contributed by atoms with E-state index in [9.17, 15) is 13.6 Å². The topological polar surface area (TPSA) is 72.7 Å². The van der Waals surface area contributed by atoms with Crippen LogP contribution in [0.2, 0.25) is 0 Å². The summed E-state index contributed by atoms with van der Waals surface area (Å²) >= 11 is 1.27. The number of aromatic nitrogens is 4. The van der Waals surface area contributed by atoms with Gasteiger partial charge in [0.25, 0.3) is 5.91 Å². The van der Waals surface area contributed by atoms with Crippen LogP contribution in [0, 0.1) is 25.5 Å². The lowest BCUT2D eigenvalue weighted by molar-refractivity contribution is 0.102. The number of carbonyl (C=O) groups excluding carboxylic acids is 1. The molecule has 9 heteroatoms. The van der Waals surface area contributed by atoms with E-state index in [0.717, 1.165) is 12.1 Å². The molecule has 0 fully saturated rings. The number of hydrogen-bond acceptors (Lipinski definition) is 5. The molecule has 146 valence electrons. The summed E-state index contributed by atoms with van der Waals surface area (Å²) in [4.78, 5) is 21.4. The highest BCUT2D eigenvalue weighted by atomic mass is 32.1. The molecule has 0 radical (unpaired) electrons. The van der Waals surface area contributed by atoms with Crippen molar-refractivity contribution in [2.75, 3.05) is 5.32 Å². The van der Waals surface area contributed by atoms with Crippen LogP contribution in [0.3, 0.4) is 0 Å². The summed E-state index contributed by atoms with van der Waals surface area (Å²) in [5.41, 5.74) is 2.60. The quantitative estimate of drug-likeness (QED) is 0.535. The zero-order valence-corrected chi connectivity index (χ0v) is 16.3. The van der Waals surface area contributed by atoms with E-state index in [2.05, 4.69) is 20.4 Å². The van der Waals surface area contributed by atoms with Crippen molar-refractivity contribution in [1.29, 1.82) is 0 Å². The number of rotatable bonds is 4. The fourth-order valence-electron chi connectivity index (χ4n) is 2.98. The number of amides is 1. The molecule has 0 atom stereocenters. The van der Waals surface area contributed by atoms with E-state index in [1.807, 2.05) is 18.2 Å². The van der Waals surface area contributed by atoms with E-state index in [4.69, 9.17) is 0 Å². The summed E-state index contributed by atoms with van der Waals surface area (Å²) in [7, 11) is 0. The smallest absolute Gasteiger partial charge is 0.261 e. The molecule has 0 aliphatic rings. The Morgan fingerprint density at radius 3 is 2.69 bits per heavy atom. The molecule has 29 heavy (non-hydrogen) atoms. The van der Waals surface area contributed by atoms with Crippen LogP contribution in [0.1, 0.15) is 21.7 Å². The van der Waals surface area contributed by atoms with Crippen LogP contribution in [0.4, 0.5) is 13.9 Å². The van der Waals surface area contributed by atoms with Crippen LogP contribution < -0.4 is 5.32 Å².